The van der Waals surface area contributed by atoms with Crippen LogP contribution in [0, 0.1) is 5.92 Å². The van der Waals surface area contributed by atoms with Crippen molar-refractivity contribution in [1.29, 1.82) is 0 Å². The third-order valence-corrected chi connectivity index (χ3v) is 3.03. The highest BCUT2D eigenvalue weighted by Crippen LogP contribution is 2.14. The van der Waals surface area contributed by atoms with Gasteiger partial charge in [-0.15, -0.1) is 0 Å². The zero-order valence-electron chi connectivity index (χ0n) is 11.6. The Morgan fingerprint density at radius 1 is 1.32 bits per heavy atom. The Kier molecular flexibility index (Phi) is 4.63. The van der Waals surface area contributed by atoms with Gasteiger partial charge in [-0.2, -0.15) is 4.98 Å². The first kappa shape index (κ1) is 13.7. The van der Waals surface area contributed by atoms with Crippen LogP contribution in [0.5, 0.6) is 0 Å². The van der Waals surface area contributed by atoms with Crippen LogP contribution in [0.1, 0.15) is 26.7 Å². The quantitative estimate of drug-likeness (QED) is 0.863. The summed E-state index contributed by atoms with van der Waals surface area (Å²) in [7, 11) is 0. The van der Waals surface area contributed by atoms with Gasteiger partial charge in [-0.05, 0) is 24.6 Å². The van der Waals surface area contributed by atoms with Gasteiger partial charge in [0.2, 0.25) is 11.7 Å². The Hall–Kier alpha value is -1.75. The van der Waals surface area contributed by atoms with Gasteiger partial charge in [-0.1, -0.05) is 32.0 Å². The highest BCUT2D eigenvalue weighted by Gasteiger charge is 2.17. The van der Waals surface area contributed by atoms with Crippen LogP contribution < -0.4 is 5.32 Å². The van der Waals surface area contributed by atoms with Crippen molar-refractivity contribution in [3.05, 3.63) is 30.3 Å². The maximum Gasteiger partial charge on any atom is 0.228 e. The van der Waals surface area contributed by atoms with E-state index < -0.39 is 0 Å². The third kappa shape index (κ3) is 3.61. The van der Waals surface area contributed by atoms with Crippen molar-refractivity contribution in [1.82, 2.24) is 20.4 Å². The minimum absolute atomic E-state index is 0.349. The van der Waals surface area contributed by atoms with Crippen molar-refractivity contribution in [2.24, 2.45) is 5.92 Å². The molecule has 0 fully saturated rings. The summed E-state index contributed by atoms with van der Waals surface area (Å²) < 4.78 is 5.30. The summed E-state index contributed by atoms with van der Waals surface area (Å²) in [6, 6.07) is 6.00. The highest BCUT2D eigenvalue weighted by molar-refractivity contribution is 5.47. The second-order valence-corrected chi connectivity index (χ2v) is 4.84. The lowest BCUT2D eigenvalue weighted by Gasteiger charge is -2.19. The summed E-state index contributed by atoms with van der Waals surface area (Å²) in [4.78, 5) is 8.62. The largest absolute Gasteiger partial charge is 0.339 e. The van der Waals surface area contributed by atoms with E-state index in [2.05, 4.69) is 41.2 Å². The first-order valence-electron chi connectivity index (χ1n) is 6.68. The summed E-state index contributed by atoms with van der Waals surface area (Å²) in [5.74, 6) is 1.72. The molecule has 1 unspecified atom stereocenters. The monoisotopic (exact) mass is 260 g/mol. The van der Waals surface area contributed by atoms with Gasteiger partial charge in [0.1, 0.15) is 5.69 Å². The molecule has 0 saturated carbocycles. The smallest absolute Gasteiger partial charge is 0.228 e. The van der Waals surface area contributed by atoms with Crippen LogP contribution in [0.2, 0.25) is 0 Å². The van der Waals surface area contributed by atoms with E-state index in [4.69, 9.17) is 4.52 Å². The van der Waals surface area contributed by atoms with E-state index in [1.54, 1.807) is 6.20 Å². The number of hydrogen-bond acceptors (Lipinski definition) is 5. The average molecular weight is 260 g/mol. The molecule has 19 heavy (non-hydrogen) atoms. The number of pyridine rings is 1. The second-order valence-electron chi connectivity index (χ2n) is 4.84. The van der Waals surface area contributed by atoms with Crippen molar-refractivity contribution >= 4 is 0 Å². The predicted molar refractivity (Wildman–Crippen MR) is 73.5 cm³/mol. The van der Waals surface area contributed by atoms with Crippen LogP contribution in [0.25, 0.3) is 11.5 Å². The summed E-state index contributed by atoms with van der Waals surface area (Å²) in [5, 5.41) is 7.42. The van der Waals surface area contributed by atoms with Crippen molar-refractivity contribution in [3.8, 4) is 11.5 Å². The Bertz CT molecular complexity index is 495. The number of aromatic nitrogens is 3. The Labute approximate surface area is 113 Å². The molecule has 0 bridgehead atoms. The van der Waals surface area contributed by atoms with Crippen LogP contribution >= 0.6 is 0 Å². The number of hydrogen-bond donors (Lipinski definition) is 1. The first-order chi connectivity index (χ1) is 9.20. The lowest BCUT2D eigenvalue weighted by molar-refractivity contribution is 0.329. The van der Waals surface area contributed by atoms with Crippen LogP contribution in [0.3, 0.4) is 0 Å². The van der Waals surface area contributed by atoms with Crippen molar-refractivity contribution in [3.63, 3.8) is 0 Å². The van der Waals surface area contributed by atoms with Gasteiger partial charge in [-0.25, -0.2) is 0 Å². The van der Waals surface area contributed by atoms with Gasteiger partial charge < -0.3 is 9.84 Å². The maximum absolute atomic E-state index is 5.30. The van der Waals surface area contributed by atoms with Crippen molar-refractivity contribution < 1.29 is 4.52 Å². The summed E-state index contributed by atoms with van der Waals surface area (Å²) in [6.45, 7) is 7.40. The molecular formula is C14H20N4O. The van der Waals surface area contributed by atoms with Gasteiger partial charge in [0.05, 0.1) is 0 Å². The standard InChI is InChI=1S/C14H20N4O/c1-4-15-12(10(2)3)9-13-17-14(18-19-13)11-7-5-6-8-16-11/h5-8,10,12,15H,4,9H2,1-3H3. The Morgan fingerprint density at radius 3 is 2.79 bits per heavy atom. The maximum atomic E-state index is 5.30. The molecule has 0 aromatic carbocycles. The van der Waals surface area contributed by atoms with E-state index in [1.807, 2.05) is 18.2 Å². The molecule has 0 spiro atoms. The molecule has 2 rings (SSSR count). The van der Waals surface area contributed by atoms with Crippen LogP contribution in [0.4, 0.5) is 0 Å². The molecule has 0 saturated heterocycles. The molecule has 5 nitrogen and oxygen atoms in total. The van der Waals surface area contributed by atoms with Crippen LogP contribution in [-0.2, 0) is 6.42 Å². The van der Waals surface area contributed by atoms with Gasteiger partial charge in [0.15, 0.2) is 0 Å². The minimum atomic E-state index is 0.349. The van der Waals surface area contributed by atoms with E-state index in [0.29, 0.717) is 23.7 Å². The van der Waals surface area contributed by atoms with E-state index >= 15 is 0 Å². The van der Waals surface area contributed by atoms with Crippen molar-refractivity contribution in [2.45, 2.75) is 33.2 Å². The normalized spacial score (nSPS) is 12.8. The van der Waals surface area contributed by atoms with Crippen LogP contribution in [-0.4, -0.2) is 27.7 Å². The van der Waals surface area contributed by atoms with E-state index in [9.17, 15) is 0 Å². The zero-order valence-corrected chi connectivity index (χ0v) is 11.6. The molecule has 0 amide bonds. The Balaban J connectivity index is 2.09. The number of likely N-dealkylation sites (N-methyl/N-ethyl adjacent to an activating group) is 1. The topological polar surface area (TPSA) is 63.8 Å². The fraction of sp³-hybridized carbons (Fsp3) is 0.500. The fourth-order valence-electron chi connectivity index (χ4n) is 1.93. The number of rotatable bonds is 6. The summed E-state index contributed by atoms with van der Waals surface area (Å²) in [5.41, 5.74) is 0.738. The second kappa shape index (κ2) is 6.43. The molecule has 1 N–H and O–H groups in total. The molecule has 2 aromatic heterocycles. The number of nitrogens with zero attached hydrogens (tertiary/aromatic N) is 3. The average Bonchev–Trinajstić information content (AvgIpc) is 2.88. The molecule has 1 atom stereocenters. The molecule has 2 aromatic rings. The van der Waals surface area contributed by atoms with Crippen molar-refractivity contribution in [2.75, 3.05) is 6.54 Å². The van der Waals surface area contributed by atoms with Gasteiger partial charge >= 0.3 is 0 Å². The molecule has 2 heterocycles. The lowest BCUT2D eigenvalue weighted by atomic mass is 10.0. The van der Waals surface area contributed by atoms with E-state index in [-0.39, 0.29) is 0 Å². The highest BCUT2D eigenvalue weighted by atomic mass is 16.5. The Morgan fingerprint density at radius 2 is 2.16 bits per heavy atom. The molecule has 0 radical (unpaired) electrons. The van der Waals surface area contributed by atoms with E-state index in [1.165, 1.54) is 0 Å². The zero-order chi connectivity index (χ0) is 13.7. The number of nitrogens with one attached hydrogen (secondary N) is 1. The molecule has 0 aliphatic carbocycles. The SMILES string of the molecule is CCNC(Cc1nc(-c2ccccn2)no1)C(C)C. The molecule has 5 heteroatoms. The van der Waals surface area contributed by atoms with Crippen LogP contribution in [0.15, 0.2) is 28.9 Å². The summed E-state index contributed by atoms with van der Waals surface area (Å²) in [6.07, 6.45) is 2.46. The molecular weight excluding hydrogens is 240 g/mol. The molecule has 102 valence electrons. The van der Waals surface area contributed by atoms with E-state index in [0.717, 1.165) is 18.7 Å². The van der Waals surface area contributed by atoms with Gasteiger partial charge in [0.25, 0.3) is 0 Å². The lowest BCUT2D eigenvalue weighted by Crippen LogP contribution is -2.35. The van der Waals surface area contributed by atoms with Gasteiger partial charge in [0, 0.05) is 18.7 Å². The van der Waals surface area contributed by atoms with Gasteiger partial charge in [-0.3, -0.25) is 4.98 Å². The molecule has 0 aliphatic rings. The predicted octanol–water partition coefficient (Wildman–Crippen LogP) is 2.31. The molecule has 0 aliphatic heterocycles. The minimum Gasteiger partial charge on any atom is -0.339 e. The first-order valence-corrected chi connectivity index (χ1v) is 6.68. The fourth-order valence-corrected chi connectivity index (χ4v) is 1.93. The third-order valence-electron chi connectivity index (χ3n) is 3.03. The summed E-state index contributed by atoms with van der Waals surface area (Å²) >= 11 is 0.